The fraction of sp³-hybridized carbons (Fsp3) is 0.414. The summed E-state index contributed by atoms with van der Waals surface area (Å²) in [4.78, 5) is 18.0. The van der Waals surface area contributed by atoms with Crippen molar-refractivity contribution < 1.29 is 17.6 Å². The molecule has 0 atom stereocenters. The van der Waals surface area contributed by atoms with Crippen LogP contribution < -0.4 is 9.62 Å². The van der Waals surface area contributed by atoms with E-state index in [1.54, 1.807) is 32.2 Å². The molecule has 0 aliphatic carbocycles. The maximum absolute atomic E-state index is 13.7. The summed E-state index contributed by atoms with van der Waals surface area (Å²) < 4.78 is 35.2. The van der Waals surface area contributed by atoms with Crippen molar-refractivity contribution in [3.8, 4) is 0 Å². The number of nitrogens with zero attached hydrogens (tertiary/aromatic N) is 2. The normalized spacial score (nSPS) is 13.7. The highest BCUT2D eigenvalue weighted by Crippen LogP contribution is 2.31. The zero-order chi connectivity index (χ0) is 26.6. The Hall–Kier alpha value is -3.26. The lowest BCUT2D eigenvalue weighted by molar-refractivity contribution is 0.0793. The van der Waals surface area contributed by atoms with Crippen LogP contribution in [0.5, 0.6) is 0 Å². The highest BCUT2D eigenvalue weighted by Gasteiger charge is 2.26. The first kappa shape index (κ1) is 26.8. The Morgan fingerprint density at radius 2 is 1.76 bits per heavy atom. The highest BCUT2D eigenvalue weighted by molar-refractivity contribution is 7.92. The van der Waals surface area contributed by atoms with Gasteiger partial charge in [-0.1, -0.05) is 31.0 Å². The summed E-state index contributed by atoms with van der Waals surface area (Å²) in [6.07, 6.45) is 5.57. The third-order valence-corrected chi connectivity index (χ3v) is 8.48. The summed E-state index contributed by atoms with van der Waals surface area (Å²) in [6, 6.07) is 12.8. The molecule has 7 nitrogen and oxygen atoms in total. The highest BCUT2D eigenvalue weighted by atomic mass is 32.2. The maximum Gasteiger partial charge on any atom is 0.262 e. The van der Waals surface area contributed by atoms with Gasteiger partial charge in [0.05, 0.1) is 29.0 Å². The summed E-state index contributed by atoms with van der Waals surface area (Å²) in [6.45, 7) is 10.4. The molecule has 8 heteroatoms. The minimum absolute atomic E-state index is 0.0720. The van der Waals surface area contributed by atoms with E-state index in [1.807, 2.05) is 42.2 Å². The van der Waals surface area contributed by atoms with Crippen molar-refractivity contribution in [1.82, 2.24) is 4.90 Å². The average Bonchev–Trinajstić information content (AvgIpc) is 3.55. The van der Waals surface area contributed by atoms with Gasteiger partial charge in [0.15, 0.2) is 0 Å². The van der Waals surface area contributed by atoms with E-state index in [-0.39, 0.29) is 10.8 Å². The number of rotatable bonds is 10. The molecule has 4 rings (SSSR count). The van der Waals surface area contributed by atoms with E-state index < -0.39 is 10.0 Å². The first-order chi connectivity index (χ1) is 17.7. The number of furan rings is 1. The van der Waals surface area contributed by atoms with Gasteiger partial charge in [0.25, 0.3) is 15.9 Å². The number of carbonyl (C=O) groups is 1. The molecule has 2 heterocycles. The molecular weight excluding hydrogens is 486 g/mol. The van der Waals surface area contributed by atoms with E-state index in [2.05, 4.69) is 16.5 Å². The van der Waals surface area contributed by atoms with Gasteiger partial charge in [-0.05, 0) is 81.5 Å². The van der Waals surface area contributed by atoms with Crippen LogP contribution in [0.1, 0.15) is 65.4 Å². The molecule has 0 spiro atoms. The van der Waals surface area contributed by atoms with E-state index >= 15 is 0 Å². The van der Waals surface area contributed by atoms with Crippen molar-refractivity contribution in [1.29, 1.82) is 0 Å². The van der Waals surface area contributed by atoms with E-state index in [9.17, 15) is 13.2 Å². The second kappa shape index (κ2) is 11.4. The Balaban J connectivity index is 1.73. The van der Waals surface area contributed by atoms with Crippen LogP contribution in [-0.4, -0.2) is 38.9 Å². The van der Waals surface area contributed by atoms with E-state index in [0.717, 1.165) is 49.2 Å². The van der Waals surface area contributed by atoms with Gasteiger partial charge in [0.1, 0.15) is 5.76 Å². The van der Waals surface area contributed by atoms with Crippen LogP contribution in [0.15, 0.2) is 58.0 Å². The molecule has 0 saturated carbocycles. The fourth-order valence-electron chi connectivity index (χ4n) is 5.16. The van der Waals surface area contributed by atoms with Crippen molar-refractivity contribution in [3.05, 3.63) is 76.7 Å². The molecule has 2 aromatic carbocycles. The van der Waals surface area contributed by atoms with Crippen molar-refractivity contribution in [2.45, 2.75) is 64.8 Å². The second-order valence-corrected chi connectivity index (χ2v) is 11.5. The molecule has 1 fully saturated rings. The molecule has 1 aliphatic heterocycles. The van der Waals surface area contributed by atoms with Gasteiger partial charge >= 0.3 is 0 Å². The summed E-state index contributed by atoms with van der Waals surface area (Å²) in [5, 5.41) is 0. The van der Waals surface area contributed by atoms with E-state index in [0.29, 0.717) is 42.0 Å². The molecule has 1 aromatic heterocycles. The van der Waals surface area contributed by atoms with Crippen LogP contribution in [0.3, 0.4) is 0 Å². The number of unbranched alkanes of at least 4 members (excludes halogenated alkanes) is 1. The van der Waals surface area contributed by atoms with E-state index in [4.69, 9.17) is 4.42 Å². The number of anilines is 2. The number of benzene rings is 2. The van der Waals surface area contributed by atoms with Gasteiger partial charge < -0.3 is 14.2 Å². The Morgan fingerprint density at radius 1 is 1.05 bits per heavy atom. The molecular formula is C29H37N3O4S. The smallest absolute Gasteiger partial charge is 0.262 e. The summed E-state index contributed by atoms with van der Waals surface area (Å²) in [5.74, 6) is 0.739. The molecule has 3 aromatic rings. The van der Waals surface area contributed by atoms with Crippen molar-refractivity contribution in [2.24, 2.45) is 0 Å². The molecule has 0 unspecified atom stereocenters. The molecule has 1 saturated heterocycles. The molecule has 0 radical (unpaired) electrons. The predicted molar refractivity (Wildman–Crippen MR) is 148 cm³/mol. The van der Waals surface area contributed by atoms with Gasteiger partial charge in [-0.15, -0.1) is 0 Å². The molecule has 1 amide bonds. The molecule has 198 valence electrons. The molecule has 0 bridgehead atoms. The van der Waals surface area contributed by atoms with Crippen molar-refractivity contribution in [2.75, 3.05) is 29.3 Å². The Bertz CT molecular complexity index is 1320. The number of hydrogen-bond donors (Lipinski definition) is 1. The van der Waals surface area contributed by atoms with Gasteiger partial charge in [-0.25, -0.2) is 8.42 Å². The first-order valence-corrected chi connectivity index (χ1v) is 14.5. The minimum atomic E-state index is -3.84. The number of hydrogen-bond acceptors (Lipinski definition) is 5. The zero-order valence-electron chi connectivity index (χ0n) is 22.2. The molecule has 1 N–H and O–H groups in total. The monoisotopic (exact) mass is 523 g/mol. The number of nitrogens with one attached hydrogen (secondary N) is 1. The van der Waals surface area contributed by atoms with Crippen LogP contribution in [0.2, 0.25) is 0 Å². The Kier molecular flexibility index (Phi) is 8.27. The quantitative estimate of drug-likeness (QED) is 0.350. The lowest BCUT2D eigenvalue weighted by Gasteiger charge is -2.28. The lowest BCUT2D eigenvalue weighted by Crippen LogP contribution is -2.31. The van der Waals surface area contributed by atoms with Gasteiger partial charge in [-0.2, -0.15) is 0 Å². The van der Waals surface area contributed by atoms with Crippen LogP contribution >= 0.6 is 0 Å². The second-order valence-electron chi connectivity index (χ2n) is 9.92. The van der Waals surface area contributed by atoms with Gasteiger partial charge in [0, 0.05) is 25.3 Å². The van der Waals surface area contributed by atoms with Crippen LogP contribution in [0.25, 0.3) is 0 Å². The van der Waals surface area contributed by atoms with Crippen LogP contribution in [-0.2, 0) is 16.6 Å². The predicted octanol–water partition coefficient (Wildman–Crippen LogP) is 6.05. The van der Waals surface area contributed by atoms with Crippen molar-refractivity contribution >= 4 is 27.3 Å². The molecule has 1 aliphatic rings. The maximum atomic E-state index is 13.7. The SMILES string of the molecule is CCCCN(Cc1ccco1)c1ccc(NS(=O)(=O)c2c(C)cc(C)cc2C)cc1C(=O)N1CCCC1. The van der Waals surface area contributed by atoms with E-state index in [1.165, 1.54) is 0 Å². The summed E-state index contributed by atoms with van der Waals surface area (Å²) in [7, 11) is -3.84. The average molecular weight is 524 g/mol. The number of likely N-dealkylation sites (tertiary alicyclic amines) is 1. The summed E-state index contributed by atoms with van der Waals surface area (Å²) in [5.41, 5.74) is 4.06. The Morgan fingerprint density at radius 3 is 2.38 bits per heavy atom. The topological polar surface area (TPSA) is 82.9 Å². The lowest BCUT2D eigenvalue weighted by atomic mass is 10.1. The zero-order valence-corrected chi connectivity index (χ0v) is 23.0. The number of sulfonamides is 1. The van der Waals surface area contributed by atoms with Gasteiger partial charge in [0.2, 0.25) is 0 Å². The van der Waals surface area contributed by atoms with Crippen molar-refractivity contribution in [3.63, 3.8) is 0 Å². The van der Waals surface area contributed by atoms with Crippen LogP contribution in [0, 0.1) is 20.8 Å². The summed E-state index contributed by atoms with van der Waals surface area (Å²) >= 11 is 0. The Labute approximate surface area is 220 Å². The number of carbonyl (C=O) groups excluding carboxylic acids is 1. The number of aryl methyl sites for hydroxylation is 3. The first-order valence-electron chi connectivity index (χ1n) is 13.0. The van der Waals surface area contributed by atoms with Crippen LogP contribution in [0.4, 0.5) is 11.4 Å². The third kappa shape index (κ3) is 6.18. The minimum Gasteiger partial charge on any atom is -0.467 e. The standard InChI is InChI=1S/C29H37N3O4S/c1-5-6-13-32(20-25-10-9-16-36-25)27-12-11-24(19-26(27)29(33)31-14-7-8-15-31)30-37(34,35)28-22(3)17-21(2)18-23(28)4/h9-12,16-19,30H,5-8,13-15,20H2,1-4H3. The number of amides is 1. The fourth-order valence-corrected chi connectivity index (χ4v) is 6.66. The molecule has 37 heavy (non-hydrogen) atoms. The third-order valence-electron chi connectivity index (χ3n) is 6.79. The largest absolute Gasteiger partial charge is 0.467 e. The van der Waals surface area contributed by atoms with Gasteiger partial charge in [-0.3, -0.25) is 9.52 Å².